The van der Waals surface area contributed by atoms with Crippen molar-refractivity contribution in [2.75, 3.05) is 0 Å². The number of H-pyrrole nitrogens is 1. The lowest BCUT2D eigenvalue weighted by Gasteiger charge is -2.15. The molecular weight excluding hydrogens is 448 g/mol. The maximum absolute atomic E-state index is 12.5. The van der Waals surface area contributed by atoms with E-state index in [0.29, 0.717) is 50.6 Å². The molecule has 2 heterocycles. The summed E-state index contributed by atoms with van der Waals surface area (Å²) in [5, 5.41) is 13.3. The van der Waals surface area contributed by atoms with Crippen LogP contribution < -0.4 is 10.9 Å². The number of para-hydroxylation sites is 1. The van der Waals surface area contributed by atoms with Gasteiger partial charge in [0.05, 0.1) is 22.7 Å². The summed E-state index contributed by atoms with van der Waals surface area (Å²) in [6, 6.07) is 13.6. The Kier molecular flexibility index (Phi) is 6.57. The van der Waals surface area contributed by atoms with Gasteiger partial charge in [0.1, 0.15) is 5.82 Å². The molecule has 4 rings (SSSR count). The Bertz CT molecular complexity index is 1320. The van der Waals surface area contributed by atoms with Crippen molar-refractivity contribution in [3.05, 3.63) is 81.1 Å². The minimum atomic E-state index is -0.349. The highest BCUT2D eigenvalue weighted by atomic mass is 35.5. The first-order valence-corrected chi connectivity index (χ1v) is 11.4. The van der Waals surface area contributed by atoms with E-state index >= 15 is 0 Å². The molecule has 0 unspecified atom stereocenters. The standard InChI is InChI=1S/C22H21ClN6O2S/c1-3-29-19(13(2)24-20(30)14-8-10-15(23)11-9-14)27-28-22(29)32-12-18-25-17-7-5-4-6-16(17)21(31)26-18/h4-11,13H,3,12H2,1-2H3,(H,24,30)(H,25,26,31)/t13-/m1/s1. The molecule has 0 aliphatic rings. The zero-order valence-corrected chi connectivity index (χ0v) is 19.1. The molecule has 0 aliphatic heterocycles. The maximum atomic E-state index is 12.5. The molecule has 0 fully saturated rings. The predicted octanol–water partition coefficient (Wildman–Crippen LogP) is 3.97. The maximum Gasteiger partial charge on any atom is 0.258 e. The zero-order valence-electron chi connectivity index (χ0n) is 17.5. The summed E-state index contributed by atoms with van der Waals surface area (Å²) in [6.07, 6.45) is 0. The highest BCUT2D eigenvalue weighted by Gasteiger charge is 2.20. The van der Waals surface area contributed by atoms with Crippen molar-refractivity contribution in [3.63, 3.8) is 0 Å². The Morgan fingerprint density at radius 1 is 1.19 bits per heavy atom. The van der Waals surface area contributed by atoms with Crippen LogP contribution in [0.2, 0.25) is 5.02 Å². The molecule has 0 radical (unpaired) electrons. The van der Waals surface area contributed by atoms with Crippen LogP contribution in [0.1, 0.15) is 41.9 Å². The fourth-order valence-corrected chi connectivity index (χ4v) is 4.31. The number of benzene rings is 2. The number of fused-ring (bicyclic) bond motifs is 1. The molecule has 2 N–H and O–H groups in total. The monoisotopic (exact) mass is 468 g/mol. The van der Waals surface area contributed by atoms with E-state index in [4.69, 9.17) is 11.6 Å². The van der Waals surface area contributed by atoms with E-state index in [0.717, 1.165) is 0 Å². The second kappa shape index (κ2) is 9.54. The minimum absolute atomic E-state index is 0.164. The summed E-state index contributed by atoms with van der Waals surface area (Å²) in [7, 11) is 0. The number of amides is 1. The highest BCUT2D eigenvalue weighted by molar-refractivity contribution is 7.98. The van der Waals surface area contributed by atoms with Gasteiger partial charge in [-0.05, 0) is 50.2 Å². The molecular formula is C22H21ClN6O2S. The molecule has 8 nitrogen and oxygen atoms in total. The van der Waals surface area contributed by atoms with Gasteiger partial charge in [0, 0.05) is 17.1 Å². The number of hydrogen-bond donors (Lipinski definition) is 2. The number of rotatable bonds is 7. The third-order valence-electron chi connectivity index (χ3n) is 4.90. The van der Waals surface area contributed by atoms with Crippen molar-refractivity contribution in [2.24, 2.45) is 0 Å². The van der Waals surface area contributed by atoms with Crippen molar-refractivity contribution in [3.8, 4) is 0 Å². The van der Waals surface area contributed by atoms with E-state index in [1.807, 2.05) is 36.6 Å². The number of carbonyl (C=O) groups is 1. The average Bonchev–Trinajstić information content (AvgIpc) is 3.21. The van der Waals surface area contributed by atoms with Crippen molar-refractivity contribution < 1.29 is 4.79 Å². The van der Waals surface area contributed by atoms with Crippen LogP contribution in [0, 0.1) is 0 Å². The summed E-state index contributed by atoms with van der Waals surface area (Å²) in [5.41, 5.74) is 1.01. The van der Waals surface area contributed by atoms with Gasteiger partial charge in [-0.2, -0.15) is 0 Å². The third kappa shape index (κ3) is 4.68. The molecule has 10 heteroatoms. The van der Waals surface area contributed by atoms with Crippen LogP contribution in [0.4, 0.5) is 0 Å². The van der Waals surface area contributed by atoms with Crippen molar-refractivity contribution >= 4 is 40.2 Å². The quantitative estimate of drug-likeness (QED) is 0.397. The van der Waals surface area contributed by atoms with Gasteiger partial charge in [-0.3, -0.25) is 9.59 Å². The van der Waals surface area contributed by atoms with E-state index < -0.39 is 0 Å². The van der Waals surface area contributed by atoms with E-state index in [-0.39, 0.29) is 17.5 Å². The molecule has 0 spiro atoms. The lowest BCUT2D eigenvalue weighted by molar-refractivity contribution is 0.0937. The van der Waals surface area contributed by atoms with E-state index in [1.54, 1.807) is 30.3 Å². The number of hydrogen-bond acceptors (Lipinski definition) is 6. The minimum Gasteiger partial charge on any atom is -0.342 e. The number of aromatic nitrogens is 5. The van der Waals surface area contributed by atoms with Crippen molar-refractivity contribution in [1.29, 1.82) is 0 Å². The Morgan fingerprint density at radius 2 is 1.94 bits per heavy atom. The molecule has 0 aliphatic carbocycles. The summed E-state index contributed by atoms with van der Waals surface area (Å²) < 4.78 is 1.94. The van der Waals surface area contributed by atoms with Gasteiger partial charge in [-0.15, -0.1) is 10.2 Å². The first-order chi connectivity index (χ1) is 15.5. The molecule has 2 aromatic carbocycles. The van der Waals surface area contributed by atoms with Crippen LogP contribution in [0.25, 0.3) is 10.9 Å². The third-order valence-corrected chi connectivity index (χ3v) is 6.13. The van der Waals surface area contributed by atoms with Crippen LogP contribution in [0.15, 0.2) is 58.5 Å². The molecule has 1 amide bonds. The molecule has 1 atom stereocenters. The SMILES string of the molecule is CCn1c(SCc2nc3ccccc3c(=O)[nH]2)nnc1[C@@H](C)NC(=O)c1ccc(Cl)cc1. The molecule has 32 heavy (non-hydrogen) atoms. The zero-order chi connectivity index (χ0) is 22.7. The van der Waals surface area contributed by atoms with E-state index in [1.165, 1.54) is 11.8 Å². The molecule has 164 valence electrons. The Balaban J connectivity index is 1.48. The van der Waals surface area contributed by atoms with Gasteiger partial charge in [-0.1, -0.05) is 35.5 Å². The van der Waals surface area contributed by atoms with E-state index in [2.05, 4.69) is 25.5 Å². The van der Waals surface area contributed by atoms with Gasteiger partial charge in [0.15, 0.2) is 11.0 Å². The average molecular weight is 469 g/mol. The van der Waals surface area contributed by atoms with E-state index in [9.17, 15) is 9.59 Å². The fraction of sp³-hybridized carbons (Fsp3) is 0.227. The summed E-state index contributed by atoms with van der Waals surface area (Å²) in [4.78, 5) is 32.2. The smallest absolute Gasteiger partial charge is 0.258 e. The van der Waals surface area contributed by atoms with Gasteiger partial charge in [0.25, 0.3) is 11.5 Å². The van der Waals surface area contributed by atoms with Gasteiger partial charge in [0.2, 0.25) is 0 Å². The largest absolute Gasteiger partial charge is 0.342 e. The molecule has 0 saturated heterocycles. The second-order valence-electron chi connectivity index (χ2n) is 7.11. The summed E-state index contributed by atoms with van der Waals surface area (Å²) >= 11 is 7.32. The van der Waals surface area contributed by atoms with Crippen LogP contribution in [-0.2, 0) is 12.3 Å². The molecule has 4 aromatic rings. The molecule has 2 aromatic heterocycles. The number of carbonyl (C=O) groups excluding carboxylic acids is 1. The van der Waals surface area contributed by atoms with Crippen LogP contribution in [0.3, 0.4) is 0 Å². The normalized spacial score (nSPS) is 12.1. The fourth-order valence-electron chi connectivity index (χ4n) is 3.31. The lowest BCUT2D eigenvalue weighted by Crippen LogP contribution is -2.28. The number of thioether (sulfide) groups is 1. The first-order valence-electron chi connectivity index (χ1n) is 10.1. The number of nitrogens with zero attached hydrogens (tertiary/aromatic N) is 4. The Morgan fingerprint density at radius 3 is 2.69 bits per heavy atom. The Labute approximate surface area is 193 Å². The van der Waals surface area contributed by atoms with Crippen LogP contribution in [0.5, 0.6) is 0 Å². The summed E-state index contributed by atoms with van der Waals surface area (Å²) in [6.45, 7) is 4.48. The van der Waals surface area contributed by atoms with Gasteiger partial charge >= 0.3 is 0 Å². The topological polar surface area (TPSA) is 106 Å². The summed E-state index contributed by atoms with van der Waals surface area (Å²) in [5.74, 6) is 1.43. The molecule has 0 bridgehead atoms. The van der Waals surface area contributed by atoms with Crippen molar-refractivity contribution in [1.82, 2.24) is 30.0 Å². The first kappa shape index (κ1) is 22.0. The number of halogens is 1. The van der Waals surface area contributed by atoms with Gasteiger partial charge in [-0.25, -0.2) is 4.98 Å². The van der Waals surface area contributed by atoms with Crippen LogP contribution >= 0.6 is 23.4 Å². The Hall–Kier alpha value is -3.17. The predicted molar refractivity (Wildman–Crippen MR) is 125 cm³/mol. The highest BCUT2D eigenvalue weighted by Crippen LogP contribution is 2.23. The number of aromatic amines is 1. The second-order valence-corrected chi connectivity index (χ2v) is 8.48. The molecule has 0 saturated carbocycles. The van der Waals surface area contributed by atoms with Gasteiger partial charge < -0.3 is 14.9 Å². The lowest BCUT2D eigenvalue weighted by atomic mass is 10.2. The number of nitrogens with one attached hydrogen (secondary N) is 2. The van der Waals surface area contributed by atoms with Crippen LogP contribution in [-0.4, -0.2) is 30.6 Å². The van der Waals surface area contributed by atoms with Crippen molar-refractivity contribution in [2.45, 2.75) is 37.3 Å².